The largest absolute Gasteiger partial charge is 0.310 e. The maximum absolute atomic E-state index is 11.6. The molecule has 3 nitrogen and oxygen atoms in total. The van der Waals surface area contributed by atoms with Gasteiger partial charge < -0.3 is 5.32 Å². The van der Waals surface area contributed by atoms with Crippen LogP contribution in [0.5, 0.6) is 0 Å². The molecule has 0 radical (unpaired) electrons. The summed E-state index contributed by atoms with van der Waals surface area (Å²) >= 11 is 0. The Labute approximate surface area is 85.2 Å². The first-order valence-electron chi connectivity index (χ1n) is 5.31. The van der Waals surface area contributed by atoms with Crippen LogP contribution >= 0.6 is 0 Å². The number of rotatable bonds is 1. The average Bonchev–Trinajstić information content (AvgIpc) is 2.06. The highest BCUT2D eigenvalue weighted by molar-refractivity contribution is 5.82. The molecule has 3 unspecified atom stereocenters. The van der Waals surface area contributed by atoms with E-state index >= 15 is 0 Å². The second-order valence-electron chi connectivity index (χ2n) is 4.33. The van der Waals surface area contributed by atoms with Crippen molar-refractivity contribution in [2.45, 2.75) is 37.9 Å². The van der Waals surface area contributed by atoms with Crippen LogP contribution in [0.2, 0.25) is 0 Å². The summed E-state index contributed by atoms with van der Waals surface area (Å²) in [6.45, 7) is 2.71. The van der Waals surface area contributed by atoms with E-state index in [1.54, 1.807) is 6.92 Å². The standard InChI is InChI=1S/C11H18N2O/c1-8(14)11-10-6-4-3-5-9(7-12-10)13(11)2/h3-4,9-12H,5-7H2,1-2H3. The quantitative estimate of drug-likeness (QED) is 0.619. The van der Waals surface area contributed by atoms with Crippen LogP contribution in [0.3, 0.4) is 0 Å². The fourth-order valence-electron chi connectivity index (χ4n) is 2.58. The van der Waals surface area contributed by atoms with Crippen molar-refractivity contribution in [1.82, 2.24) is 10.2 Å². The molecule has 14 heavy (non-hydrogen) atoms. The Morgan fingerprint density at radius 1 is 1.43 bits per heavy atom. The lowest BCUT2D eigenvalue weighted by atomic mass is 9.91. The van der Waals surface area contributed by atoms with Crippen LogP contribution in [0.15, 0.2) is 12.2 Å². The van der Waals surface area contributed by atoms with Gasteiger partial charge in [0.1, 0.15) is 5.78 Å². The van der Waals surface area contributed by atoms with Gasteiger partial charge in [0.05, 0.1) is 6.04 Å². The van der Waals surface area contributed by atoms with Gasteiger partial charge in [0.25, 0.3) is 0 Å². The number of carbonyl (C=O) groups is 1. The molecule has 3 heterocycles. The molecule has 3 aliphatic heterocycles. The molecular weight excluding hydrogens is 176 g/mol. The topological polar surface area (TPSA) is 32.3 Å². The Morgan fingerprint density at radius 2 is 2.14 bits per heavy atom. The molecule has 1 N–H and O–H groups in total. The van der Waals surface area contributed by atoms with E-state index in [9.17, 15) is 4.79 Å². The van der Waals surface area contributed by atoms with Crippen molar-refractivity contribution in [3.63, 3.8) is 0 Å². The van der Waals surface area contributed by atoms with E-state index in [1.165, 1.54) is 0 Å². The average molecular weight is 194 g/mol. The number of fused-ring (bicyclic) bond motifs is 4. The van der Waals surface area contributed by atoms with Crippen LogP contribution in [0.25, 0.3) is 0 Å². The van der Waals surface area contributed by atoms with Crippen LogP contribution < -0.4 is 5.32 Å². The smallest absolute Gasteiger partial charge is 0.148 e. The number of Topliss-reactive ketones (excluding diaryl/α,β-unsaturated/α-hetero) is 1. The second-order valence-corrected chi connectivity index (χ2v) is 4.33. The Kier molecular flexibility index (Phi) is 2.70. The molecule has 78 valence electrons. The van der Waals surface area contributed by atoms with Gasteiger partial charge in [-0.2, -0.15) is 0 Å². The molecule has 3 rings (SSSR count). The third-order valence-corrected chi connectivity index (χ3v) is 3.39. The molecule has 3 aliphatic rings. The molecule has 1 saturated heterocycles. The molecule has 2 bridgehead atoms. The molecule has 0 aromatic heterocycles. The van der Waals surface area contributed by atoms with Crippen molar-refractivity contribution >= 4 is 5.78 Å². The van der Waals surface area contributed by atoms with E-state index in [1.807, 2.05) is 0 Å². The highest BCUT2D eigenvalue weighted by Gasteiger charge is 2.37. The summed E-state index contributed by atoms with van der Waals surface area (Å²) in [4.78, 5) is 13.8. The van der Waals surface area contributed by atoms with Gasteiger partial charge in [-0.3, -0.25) is 9.69 Å². The first-order valence-corrected chi connectivity index (χ1v) is 5.31. The van der Waals surface area contributed by atoms with Gasteiger partial charge in [0.2, 0.25) is 0 Å². The summed E-state index contributed by atoms with van der Waals surface area (Å²) in [7, 11) is 2.07. The zero-order chi connectivity index (χ0) is 10.1. The Morgan fingerprint density at radius 3 is 2.86 bits per heavy atom. The van der Waals surface area contributed by atoms with Crippen LogP contribution in [-0.2, 0) is 4.79 Å². The summed E-state index contributed by atoms with van der Waals surface area (Å²) in [6, 6.07) is 0.862. The van der Waals surface area contributed by atoms with Gasteiger partial charge in [0, 0.05) is 18.6 Å². The minimum absolute atomic E-state index is 0.0682. The summed E-state index contributed by atoms with van der Waals surface area (Å²) in [5.41, 5.74) is 0. The third kappa shape index (κ3) is 1.62. The number of nitrogens with zero attached hydrogens (tertiary/aromatic N) is 1. The van der Waals surface area contributed by atoms with Crippen molar-refractivity contribution in [1.29, 1.82) is 0 Å². The summed E-state index contributed by atoms with van der Waals surface area (Å²) < 4.78 is 0. The number of ketones is 1. The van der Waals surface area contributed by atoms with E-state index < -0.39 is 0 Å². The van der Waals surface area contributed by atoms with E-state index in [0.29, 0.717) is 12.1 Å². The van der Waals surface area contributed by atoms with Crippen LogP contribution in [0.1, 0.15) is 19.8 Å². The lowest BCUT2D eigenvalue weighted by molar-refractivity contribution is -0.124. The highest BCUT2D eigenvalue weighted by Crippen LogP contribution is 2.21. The molecule has 0 saturated carbocycles. The first kappa shape index (κ1) is 9.87. The van der Waals surface area contributed by atoms with E-state index in [4.69, 9.17) is 0 Å². The number of piperazine rings is 1. The predicted octanol–water partition coefficient (Wildman–Crippen LogP) is 0.566. The Hall–Kier alpha value is -0.670. The molecule has 3 atom stereocenters. The lowest BCUT2D eigenvalue weighted by Crippen LogP contribution is -2.63. The molecule has 0 aromatic rings. The molecule has 0 spiro atoms. The fourth-order valence-corrected chi connectivity index (χ4v) is 2.58. The number of hydrogen-bond donors (Lipinski definition) is 1. The van der Waals surface area contributed by atoms with Gasteiger partial charge in [-0.15, -0.1) is 0 Å². The minimum atomic E-state index is 0.0682. The summed E-state index contributed by atoms with van der Waals surface area (Å²) in [5, 5.41) is 3.47. The van der Waals surface area contributed by atoms with E-state index in [0.717, 1.165) is 19.4 Å². The lowest BCUT2D eigenvalue weighted by Gasteiger charge is -2.44. The van der Waals surface area contributed by atoms with E-state index in [2.05, 4.69) is 29.4 Å². The molecule has 0 aromatic carbocycles. The predicted molar refractivity (Wildman–Crippen MR) is 56.2 cm³/mol. The van der Waals surface area contributed by atoms with Gasteiger partial charge in [0.15, 0.2) is 0 Å². The Balaban J connectivity index is 2.25. The Bertz CT molecular complexity index is 262. The fraction of sp³-hybridized carbons (Fsp3) is 0.727. The van der Waals surface area contributed by atoms with Gasteiger partial charge in [-0.1, -0.05) is 12.2 Å². The highest BCUT2D eigenvalue weighted by atomic mass is 16.1. The summed E-state index contributed by atoms with van der Waals surface area (Å²) in [6.07, 6.45) is 6.47. The van der Waals surface area contributed by atoms with Gasteiger partial charge >= 0.3 is 0 Å². The van der Waals surface area contributed by atoms with Crippen LogP contribution in [0.4, 0.5) is 0 Å². The number of likely N-dealkylation sites (N-methyl/N-ethyl adjacent to an activating group) is 1. The maximum Gasteiger partial charge on any atom is 0.148 e. The van der Waals surface area contributed by atoms with Crippen molar-refractivity contribution < 1.29 is 4.79 Å². The third-order valence-electron chi connectivity index (χ3n) is 3.39. The normalized spacial score (nSPS) is 38.0. The number of hydrogen-bond acceptors (Lipinski definition) is 3. The molecular formula is C11H18N2O. The molecule has 0 aliphatic carbocycles. The first-order chi connectivity index (χ1) is 6.70. The molecule has 1 fully saturated rings. The monoisotopic (exact) mass is 194 g/mol. The van der Waals surface area contributed by atoms with Crippen molar-refractivity contribution in [3.8, 4) is 0 Å². The minimum Gasteiger partial charge on any atom is -0.310 e. The zero-order valence-electron chi connectivity index (χ0n) is 8.86. The van der Waals surface area contributed by atoms with Crippen LogP contribution in [0, 0.1) is 0 Å². The van der Waals surface area contributed by atoms with Crippen molar-refractivity contribution in [3.05, 3.63) is 12.2 Å². The molecule has 3 heteroatoms. The number of nitrogens with one attached hydrogen (secondary N) is 1. The SMILES string of the molecule is CC(=O)C1C2CC=CCC(CN2)N1C. The van der Waals surface area contributed by atoms with E-state index in [-0.39, 0.29) is 11.8 Å². The van der Waals surface area contributed by atoms with Crippen LogP contribution in [-0.4, -0.2) is 42.4 Å². The van der Waals surface area contributed by atoms with Gasteiger partial charge in [-0.05, 0) is 26.8 Å². The molecule has 0 amide bonds. The maximum atomic E-state index is 11.6. The number of carbonyl (C=O) groups excluding carboxylic acids is 1. The van der Waals surface area contributed by atoms with Crippen molar-refractivity contribution in [2.75, 3.05) is 13.6 Å². The van der Waals surface area contributed by atoms with Gasteiger partial charge in [-0.25, -0.2) is 0 Å². The summed E-state index contributed by atoms with van der Waals surface area (Å²) in [5.74, 6) is 0.282. The zero-order valence-corrected chi connectivity index (χ0v) is 8.86. The second kappa shape index (κ2) is 3.83. The van der Waals surface area contributed by atoms with Crippen molar-refractivity contribution in [2.24, 2.45) is 0 Å².